The second kappa shape index (κ2) is 5.43. The fourth-order valence-electron chi connectivity index (χ4n) is 3.55. The first-order valence-corrected chi connectivity index (χ1v) is 7.15. The average molecular weight is 238 g/mol. The number of aliphatic hydroxyl groups is 1. The first-order chi connectivity index (χ1) is 8.14. The maximum atomic E-state index is 10.7. The maximum Gasteiger partial charge on any atom is 0.121 e. The molecule has 2 aliphatic rings. The van der Waals surface area contributed by atoms with Crippen LogP contribution in [0, 0.1) is 11.3 Å². The van der Waals surface area contributed by atoms with Gasteiger partial charge in [0.15, 0.2) is 0 Å². The van der Waals surface area contributed by atoms with Crippen molar-refractivity contribution in [2.24, 2.45) is 11.3 Å². The SMILES string of the molecule is CC(C)CC1(C(O)C2=CCCCO2)CCCC1. The molecule has 0 saturated heterocycles. The topological polar surface area (TPSA) is 29.5 Å². The Hall–Kier alpha value is -0.500. The average Bonchev–Trinajstić information content (AvgIpc) is 2.78. The summed E-state index contributed by atoms with van der Waals surface area (Å²) in [6, 6.07) is 0. The van der Waals surface area contributed by atoms with E-state index < -0.39 is 0 Å². The molecule has 17 heavy (non-hydrogen) atoms. The molecule has 1 aliphatic carbocycles. The molecule has 98 valence electrons. The lowest BCUT2D eigenvalue weighted by atomic mass is 9.73. The molecule has 1 heterocycles. The summed E-state index contributed by atoms with van der Waals surface area (Å²) in [5, 5.41) is 10.7. The van der Waals surface area contributed by atoms with E-state index >= 15 is 0 Å². The van der Waals surface area contributed by atoms with Gasteiger partial charge in [-0.2, -0.15) is 0 Å². The number of allylic oxidation sites excluding steroid dienone is 1. The van der Waals surface area contributed by atoms with Crippen molar-refractivity contribution in [1.29, 1.82) is 0 Å². The summed E-state index contributed by atoms with van der Waals surface area (Å²) in [6.45, 7) is 5.28. The quantitative estimate of drug-likeness (QED) is 0.810. The molecule has 1 atom stereocenters. The molecule has 0 spiro atoms. The largest absolute Gasteiger partial charge is 0.495 e. The number of ether oxygens (including phenoxy) is 1. The van der Waals surface area contributed by atoms with Crippen LogP contribution < -0.4 is 0 Å². The maximum absolute atomic E-state index is 10.7. The lowest BCUT2D eigenvalue weighted by molar-refractivity contribution is -0.00924. The summed E-state index contributed by atoms with van der Waals surface area (Å²) in [6.07, 6.45) is 9.85. The molecule has 2 heteroatoms. The van der Waals surface area contributed by atoms with E-state index in [0.717, 1.165) is 44.5 Å². The van der Waals surface area contributed by atoms with Gasteiger partial charge in [-0.05, 0) is 44.1 Å². The van der Waals surface area contributed by atoms with Crippen molar-refractivity contribution in [3.8, 4) is 0 Å². The molecule has 0 aromatic rings. The lowest BCUT2D eigenvalue weighted by Crippen LogP contribution is -2.37. The van der Waals surface area contributed by atoms with Crippen molar-refractivity contribution in [3.63, 3.8) is 0 Å². The minimum absolute atomic E-state index is 0.0946. The Balaban J connectivity index is 2.12. The fourth-order valence-corrected chi connectivity index (χ4v) is 3.55. The minimum atomic E-state index is -0.368. The van der Waals surface area contributed by atoms with Crippen molar-refractivity contribution in [3.05, 3.63) is 11.8 Å². The standard InChI is InChI=1S/C15H26O2/c1-12(2)11-15(8-4-5-9-15)14(16)13-7-3-6-10-17-13/h7,12,14,16H,3-6,8-11H2,1-2H3. The summed E-state index contributed by atoms with van der Waals surface area (Å²) in [4.78, 5) is 0. The van der Waals surface area contributed by atoms with Crippen molar-refractivity contribution >= 4 is 0 Å². The molecule has 1 saturated carbocycles. The second-order valence-electron chi connectivity index (χ2n) is 6.17. The first-order valence-electron chi connectivity index (χ1n) is 7.15. The minimum Gasteiger partial charge on any atom is -0.495 e. The van der Waals surface area contributed by atoms with Crippen molar-refractivity contribution in [2.45, 2.75) is 64.9 Å². The van der Waals surface area contributed by atoms with Gasteiger partial charge < -0.3 is 9.84 Å². The smallest absolute Gasteiger partial charge is 0.121 e. The number of rotatable bonds is 4. The number of hydrogen-bond donors (Lipinski definition) is 1. The van der Waals surface area contributed by atoms with Crippen LogP contribution in [0.5, 0.6) is 0 Å². The van der Waals surface area contributed by atoms with E-state index in [2.05, 4.69) is 19.9 Å². The molecule has 0 aromatic heterocycles. The van der Waals surface area contributed by atoms with Gasteiger partial charge in [-0.15, -0.1) is 0 Å². The lowest BCUT2D eigenvalue weighted by Gasteiger charge is -2.37. The zero-order valence-corrected chi connectivity index (χ0v) is 11.2. The highest BCUT2D eigenvalue weighted by Crippen LogP contribution is 2.48. The first kappa shape index (κ1) is 12.9. The third kappa shape index (κ3) is 2.85. The summed E-state index contributed by atoms with van der Waals surface area (Å²) >= 11 is 0. The molecule has 1 fully saturated rings. The monoisotopic (exact) mass is 238 g/mol. The highest BCUT2D eigenvalue weighted by atomic mass is 16.5. The second-order valence-corrected chi connectivity index (χ2v) is 6.17. The summed E-state index contributed by atoms with van der Waals surface area (Å²) in [5.74, 6) is 1.51. The van der Waals surface area contributed by atoms with Gasteiger partial charge in [0.05, 0.1) is 6.61 Å². The Morgan fingerprint density at radius 3 is 2.53 bits per heavy atom. The van der Waals surface area contributed by atoms with E-state index in [4.69, 9.17) is 4.74 Å². The Kier molecular flexibility index (Phi) is 4.13. The van der Waals surface area contributed by atoms with E-state index in [1.54, 1.807) is 0 Å². The van der Waals surface area contributed by atoms with Crippen LogP contribution in [-0.4, -0.2) is 17.8 Å². The Morgan fingerprint density at radius 2 is 2.00 bits per heavy atom. The third-order valence-corrected chi connectivity index (χ3v) is 4.23. The van der Waals surface area contributed by atoms with Crippen molar-refractivity contribution in [2.75, 3.05) is 6.61 Å². The van der Waals surface area contributed by atoms with E-state index in [0.29, 0.717) is 5.92 Å². The van der Waals surface area contributed by atoms with Crippen LogP contribution in [0.25, 0.3) is 0 Å². The van der Waals surface area contributed by atoms with Crippen molar-refractivity contribution < 1.29 is 9.84 Å². The molecule has 1 N–H and O–H groups in total. The molecular weight excluding hydrogens is 212 g/mol. The van der Waals surface area contributed by atoms with Gasteiger partial charge in [0.2, 0.25) is 0 Å². The van der Waals surface area contributed by atoms with Crippen LogP contribution >= 0.6 is 0 Å². The van der Waals surface area contributed by atoms with Gasteiger partial charge in [-0.25, -0.2) is 0 Å². The van der Waals surface area contributed by atoms with Gasteiger partial charge in [0.25, 0.3) is 0 Å². The van der Waals surface area contributed by atoms with Crippen LogP contribution in [0.15, 0.2) is 11.8 Å². The van der Waals surface area contributed by atoms with Crippen LogP contribution in [0.2, 0.25) is 0 Å². The molecule has 1 unspecified atom stereocenters. The zero-order valence-electron chi connectivity index (χ0n) is 11.2. The zero-order chi connectivity index (χ0) is 12.3. The highest BCUT2D eigenvalue weighted by molar-refractivity contribution is 5.10. The molecule has 0 bridgehead atoms. The molecule has 1 aliphatic heterocycles. The van der Waals surface area contributed by atoms with E-state index in [1.165, 1.54) is 12.8 Å². The Labute approximate surface area is 105 Å². The number of hydrogen-bond acceptors (Lipinski definition) is 2. The summed E-state index contributed by atoms with van der Waals surface area (Å²) < 4.78 is 5.67. The van der Waals surface area contributed by atoms with Crippen LogP contribution in [-0.2, 0) is 4.74 Å². The van der Waals surface area contributed by atoms with Gasteiger partial charge in [0.1, 0.15) is 11.9 Å². The third-order valence-electron chi connectivity index (χ3n) is 4.23. The van der Waals surface area contributed by atoms with Crippen molar-refractivity contribution in [1.82, 2.24) is 0 Å². The molecule has 0 radical (unpaired) electrons. The van der Waals surface area contributed by atoms with Gasteiger partial charge in [-0.3, -0.25) is 0 Å². The Morgan fingerprint density at radius 1 is 1.29 bits per heavy atom. The molecule has 2 rings (SSSR count). The molecule has 2 nitrogen and oxygen atoms in total. The van der Waals surface area contributed by atoms with E-state index in [9.17, 15) is 5.11 Å². The van der Waals surface area contributed by atoms with Gasteiger partial charge in [0, 0.05) is 5.41 Å². The van der Waals surface area contributed by atoms with Gasteiger partial charge >= 0.3 is 0 Å². The predicted molar refractivity (Wildman–Crippen MR) is 69.6 cm³/mol. The van der Waals surface area contributed by atoms with Crippen LogP contribution in [0.3, 0.4) is 0 Å². The van der Waals surface area contributed by atoms with E-state index in [-0.39, 0.29) is 11.5 Å². The molecule has 0 aromatic carbocycles. The fraction of sp³-hybridized carbons (Fsp3) is 0.867. The summed E-state index contributed by atoms with van der Waals surface area (Å²) in [5.41, 5.74) is 0.0946. The normalized spacial score (nSPS) is 25.5. The van der Waals surface area contributed by atoms with Crippen LogP contribution in [0.4, 0.5) is 0 Å². The van der Waals surface area contributed by atoms with Gasteiger partial charge in [-0.1, -0.05) is 26.7 Å². The van der Waals surface area contributed by atoms with E-state index in [1.807, 2.05) is 0 Å². The molecular formula is C15H26O2. The Bertz CT molecular complexity index is 275. The number of aliphatic hydroxyl groups excluding tert-OH is 1. The predicted octanol–water partition coefficient (Wildman–Crippen LogP) is 3.65. The van der Waals surface area contributed by atoms with Crippen LogP contribution in [0.1, 0.15) is 58.8 Å². The summed E-state index contributed by atoms with van der Waals surface area (Å²) in [7, 11) is 0. The highest BCUT2D eigenvalue weighted by Gasteiger charge is 2.43. The molecule has 0 amide bonds.